The highest BCUT2D eigenvalue weighted by molar-refractivity contribution is 6.32. The summed E-state index contributed by atoms with van der Waals surface area (Å²) in [6.07, 6.45) is 0. The van der Waals surface area contributed by atoms with Gasteiger partial charge in [0.05, 0.1) is 5.38 Å². The second kappa shape index (κ2) is 3.66. The molecule has 0 atom stereocenters. The first-order chi connectivity index (χ1) is 7.66. The van der Waals surface area contributed by atoms with Gasteiger partial charge >= 0.3 is 0 Å². The van der Waals surface area contributed by atoms with Crippen molar-refractivity contribution in [1.82, 2.24) is 0 Å². The number of fused-ring (bicyclic) bond motifs is 3. The molecular formula is C13H7Cl3. The van der Waals surface area contributed by atoms with Crippen molar-refractivity contribution in [1.29, 1.82) is 0 Å². The van der Waals surface area contributed by atoms with E-state index < -0.39 is 0 Å². The molecule has 0 N–H and O–H groups in total. The average molecular weight is 270 g/mol. The quantitative estimate of drug-likeness (QED) is 0.569. The molecule has 3 rings (SSSR count). The van der Waals surface area contributed by atoms with Crippen molar-refractivity contribution in [3.8, 4) is 11.1 Å². The Morgan fingerprint density at radius 2 is 1.19 bits per heavy atom. The lowest BCUT2D eigenvalue weighted by atomic mass is 10.1. The highest BCUT2D eigenvalue weighted by Crippen LogP contribution is 2.48. The van der Waals surface area contributed by atoms with Crippen molar-refractivity contribution in [3.05, 3.63) is 57.6 Å². The number of halogens is 3. The van der Waals surface area contributed by atoms with E-state index in [1.165, 1.54) is 0 Å². The molecule has 0 radical (unpaired) electrons. The first-order valence-corrected chi connectivity index (χ1v) is 6.09. The Morgan fingerprint density at radius 1 is 0.750 bits per heavy atom. The zero-order chi connectivity index (χ0) is 11.3. The molecule has 0 unspecified atom stereocenters. The van der Waals surface area contributed by atoms with Crippen LogP contribution in [0.25, 0.3) is 11.1 Å². The Bertz CT molecular complexity index is 524. The van der Waals surface area contributed by atoms with Crippen molar-refractivity contribution in [2.24, 2.45) is 0 Å². The van der Waals surface area contributed by atoms with Crippen LogP contribution in [0, 0.1) is 0 Å². The summed E-state index contributed by atoms with van der Waals surface area (Å²) in [5, 5.41) is 1.27. The zero-order valence-corrected chi connectivity index (χ0v) is 10.4. The van der Waals surface area contributed by atoms with Gasteiger partial charge in [-0.05, 0) is 46.5 Å². The summed E-state index contributed by atoms with van der Waals surface area (Å²) in [5.74, 6) is 0. The molecule has 0 nitrogen and oxygen atoms in total. The van der Waals surface area contributed by atoms with Crippen molar-refractivity contribution in [3.63, 3.8) is 0 Å². The smallest absolute Gasteiger partial charge is 0.0848 e. The lowest BCUT2D eigenvalue weighted by molar-refractivity contribution is 1.20. The van der Waals surface area contributed by atoms with Gasteiger partial charge < -0.3 is 0 Å². The summed E-state index contributed by atoms with van der Waals surface area (Å²) < 4.78 is 0. The highest BCUT2D eigenvalue weighted by Gasteiger charge is 2.27. The van der Waals surface area contributed by atoms with Crippen LogP contribution in [-0.4, -0.2) is 0 Å². The molecule has 80 valence electrons. The third-order valence-corrected chi connectivity index (χ3v) is 3.80. The molecule has 0 fully saturated rings. The van der Waals surface area contributed by atoms with Crippen molar-refractivity contribution < 1.29 is 0 Å². The molecule has 0 saturated carbocycles. The monoisotopic (exact) mass is 268 g/mol. The van der Waals surface area contributed by atoms with Crippen LogP contribution in [0.15, 0.2) is 36.4 Å². The van der Waals surface area contributed by atoms with Crippen molar-refractivity contribution in [2.45, 2.75) is 5.38 Å². The summed E-state index contributed by atoms with van der Waals surface area (Å²) in [6, 6.07) is 11.6. The molecule has 0 bridgehead atoms. The predicted molar refractivity (Wildman–Crippen MR) is 69.6 cm³/mol. The minimum atomic E-state index is -0.151. The van der Waals surface area contributed by atoms with Crippen molar-refractivity contribution in [2.75, 3.05) is 0 Å². The molecule has 3 heteroatoms. The summed E-state index contributed by atoms with van der Waals surface area (Å²) in [5.41, 5.74) is 4.42. The molecule has 0 saturated heterocycles. The fourth-order valence-corrected chi connectivity index (χ4v) is 2.87. The largest absolute Gasteiger partial charge is 0.113 e. The molecule has 0 spiro atoms. The van der Waals surface area contributed by atoms with Crippen LogP contribution in [0.3, 0.4) is 0 Å². The first-order valence-electron chi connectivity index (χ1n) is 4.90. The van der Waals surface area contributed by atoms with Crippen LogP contribution in [0.4, 0.5) is 0 Å². The van der Waals surface area contributed by atoms with E-state index in [1.54, 1.807) is 0 Å². The highest BCUT2D eigenvalue weighted by atomic mass is 35.5. The minimum absolute atomic E-state index is 0.151. The third kappa shape index (κ3) is 1.45. The molecule has 0 amide bonds. The van der Waals surface area contributed by atoms with Gasteiger partial charge in [-0.15, -0.1) is 11.6 Å². The third-order valence-electron chi connectivity index (χ3n) is 2.86. The number of hydrogen-bond donors (Lipinski definition) is 0. The second-order valence-corrected chi connectivity index (χ2v) is 5.14. The second-order valence-electron chi connectivity index (χ2n) is 3.83. The normalized spacial score (nSPS) is 13.7. The number of alkyl halides is 1. The van der Waals surface area contributed by atoms with Crippen LogP contribution in [0.1, 0.15) is 16.5 Å². The van der Waals surface area contributed by atoms with Gasteiger partial charge in [0.1, 0.15) is 0 Å². The SMILES string of the molecule is Clc1ccc2c(c1)C(Cl)c1cc(Cl)ccc1-2. The fourth-order valence-electron chi connectivity index (χ4n) is 2.14. The maximum atomic E-state index is 6.40. The summed E-state index contributed by atoms with van der Waals surface area (Å²) in [4.78, 5) is 0. The summed E-state index contributed by atoms with van der Waals surface area (Å²) >= 11 is 18.4. The molecule has 16 heavy (non-hydrogen) atoms. The van der Waals surface area contributed by atoms with Crippen molar-refractivity contribution >= 4 is 34.8 Å². The number of benzene rings is 2. The van der Waals surface area contributed by atoms with Crippen LogP contribution >= 0.6 is 34.8 Å². The average Bonchev–Trinajstić information content (AvgIpc) is 2.53. The van der Waals surface area contributed by atoms with Gasteiger partial charge in [0, 0.05) is 10.0 Å². The van der Waals surface area contributed by atoms with Crippen LogP contribution in [0.2, 0.25) is 10.0 Å². The van der Waals surface area contributed by atoms with E-state index in [0.29, 0.717) is 10.0 Å². The molecule has 2 aromatic rings. The minimum Gasteiger partial charge on any atom is -0.113 e. The van der Waals surface area contributed by atoms with Gasteiger partial charge in [-0.2, -0.15) is 0 Å². The molecule has 1 aliphatic rings. The van der Waals surface area contributed by atoms with E-state index >= 15 is 0 Å². The number of hydrogen-bond acceptors (Lipinski definition) is 0. The maximum absolute atomic E-state index is 6.40. The predicted octanol–water partition coefficient (Wildman–Crippen LogP) is 5.30. The molecule has 0 heterocycles. The Morgan fingerprint density at radius 3 is 1.62 bits per heavy atom. The van der Waals surface area contributed by atoms with Gasteiger partial charge in [-0.3, -0.25) is 0 Å². The molecule has 2 aromatic carbocycles. The van der Waals surface area contributed by atoms with Gasteiger partial charge in [0.15, 0.2) is 0 Å². The summed E-state index contributed by atoms with van der Waals surface area (Å²) in [6.45, 7) is 0. The van der Waals surface area contributed by atoms with E-state index in [1.807, 2.05) is 36.4 Å². The van der Waals surface area contributed by atoms with E-state index in [0.717, 1.165) is 22.3 Å². The lowest BCUT2D eigenvalue weighted by Crippen LogP contribution is -1.85. The molecular weight excluding hydrogens is 263 g/mol. The molecule has 0 aliphatic heterocycles. The van der Waals surface area contributed by atoms with E-state index in [9.17, 15) is 0 Å². The van der Waals surface area contributed by atoms with E-state index in [2.05, 4.69) is 0 Å². The van der Waals surface area contributed by atoms with Crippen LogP contribution < -0.4 is 0 Å². The van der Waals surface area contributed by atoms with Gasteiger partial charge in [-0.1, -0.05) is 35.3 Å². The Balaban J connectivity index is 2.30. The number of rotatable bonds is 0. The Hall–Kier alpha value is -0.690. The van der Waals surface area contributed by atoms with E-state index in [-0.39, 0.29) is 5.38 Å². The topological polar surface area (TPSA) is 0 Å². The van der Waals surface area contributed by atoms with Crippen LogP contribution in [-0.2, 0) is 0 Å². The first kappa shape index (κ1) is 10.5. The molecule has 1 aliphatic carbocycles. The lowest BCUT2D eigenvalue weighted by Gasteiger charge is -2.03. The zero-order valence-electron chi connectivity index (χ0n) is 8.18. The fraction of sp³-hybridized carbons (Fsp3) is 0.0769. The Labute approximate surface area is 109 Å². The maximum Gasteiger partial charge on any atom is 0.0848 e. The van der Waals surface area contributed by atoms with Gasteiger partial charge in [0.2, 0.25) is 0 Å². The summed E-state index contributed by atoms with van der Waals surface area (Å²) in [7, 11) is 0. The van der Waals surface area contributed by atoms with Crippen LogP contribution in [0.5, 0.6) is 0 Å². The molecule has 0 aromatic heterocycles. The van der Waals surface area contributed by atoms with E-state index in [4.69, 9.17) is 34.8 Å². The Kier molecular flexibility index (Phi) is 2.39. The van der Waals surface area contributed by atoms with Gasteiger partial charge in [-0.25, -0.2) is 0 Å². The standard InChI is InChI=1S/C13H7Cl3/c14-7-1-3-9-10-4-2-8(15)6-12(10)13(16)11(9)5-7/h1-6,13H. The van der Waals surface area contributed by atoms with Gasteiger partial charge in [0.25, 0.3) is 0 Å².